The van der Waals surface area contributed by atoms with Crippen molar-refractivity contribution in [3.63, 3.8) is 0 Å². The van der Waals surface area contributed by atoms with Gasteiger partial charge in [-0.1, -0.05) is 18.2 Å². The molecule has 0 saturated heterocycles. The van der Waals surface area contributed by atoms with Crippen molar-refractivity contribution in [3.8, 4) is 0 Å². The van der Waals surface area contributed by atoms with Gasteiger partial charge in [0.05, 0.1) is 0 Å². The van der Waals surface area contributed by atoms with Crippen LogP contribution < -0.4 is 10.6 Å². The summed E-state index contributed by atoms with van der Waals surface area (Å²) >= 11 is 0. The fourth-order valence-corrected chi connectivity index (χ4v) is 2.75. The minimum Gasteiger partial charge on any atom is -0.444 e. The number of benzene rings is 1. The van der Waals surface area contributed by atoms with Gasteiger partial charge >= 0.3 is 6.09 Å². The number of halogens is 1. The van der Waals surface area contributed by atoms with E-state index in [0.717, 1.165) is 18.4 Å². The van der Waals surface area contributed by atoms with Gasteiger partial charge in [-0.05, 0) is 58.1 Å². The zero-order valence-corrected chi connectivity index (χ0v) is 14.4. The topological polar surface area (TPSA) is 50.4 Å². The largest absolute Gasteiger partial charge is 0.444 e. The van der Waals surface area contributed by atoms with Crippen molar-refractivity contribution in [2.75, 3.05) is 6.54 Å². The molecule has 0 bridgehead atoms. The van der Waals surface area contributed by atoms with Crippen LogP contribution in [0, 0.1) is 5.82 Å². The number of amides is 1. The lowest BCUT2D eigenvalue weighted by molar-refractivity contribution is 0.0506. The van der Waals surface area contributed by atoms with Crippen LogP contribution in [0.3, 0.4) is 0 Å². The van der Waals surface area contributed by atoms with Gasteiger partial charge in [-0.15, -0.1) is 0 Å². The van der Waals surface area contributed by atoms with Crippen molar-refractivity contribution in [3.05, 3.63) is 35.6 Å². The number of hydrogen-bond acceptors (Lipinski definition) is 3. The first-order valence-corrected chi connectivity index (χ1v) is 8.22. The van der Waals surface area contributed by atoms with Gasteiger partial charge in [-0.3, -0.25) is 0 Å². The van der Waals surface area contributed by atoms with Crippen LogP contribution >= 0.6 is 0 Å². The van der Waals surface area contributed by atoms with Crippen molar-refractivity contribution in [2.45, 2.75) is 64.1 Å². The summed E-state index contributed by atoms with van der Waals surface area (Å²) in [6, 6.07) is 7.34. The molecule has 0 heterocycles. The predicted octanol–water partition coefficient (Wildman–Crippen LogP) is 3.57. The third-order valence-electron chi connectivity index (χ3n) is 3.96. The third kappa shape index (κ3) is 5.50. The lowest BCUT2D eigenvalue weighted by atomic mass is 9.75. The zero-order chi connectivity index (χ0) is 17.0. The van der Waals surface area contributed by atoms with Crippen LogP contribution in [0.25, 0.3) is 0 Å². The molecule has 23 heavy (non-hydrogen) atoms. The quantitative estimate of drug-likeness (QED) is 0.871. The SMILES string of the molecule is CC(CNC1CC(c2ccccc2F)C1)NC(=O)OC(C)(C)C. The van der Waals surface area contributed by atoms with Crippen molar-refractivity contribution >= 4 is 6.09 Å². The molecule has 1 fully saturated rings. The Labute approximate surface area is 137 Å². The van der Waals surface area contributed by atoms with Crippen LogP contribution in [0.5, 0.6) is 0 Å². The summed E-state index contributed by atoms with van der Waals surface area (Å²) in [4.78, 5) is 11.7. The summed E-state index contributed by atoms with van der Waals surface area (Å²) in [5.41, 5.74) is 0.323. The van der Waals surface area contributed by atoms with E-state index in [4.69, 9.17) is 4.74 Å². The Morgan fingerprint density at radius 3 is 2.61 bits per heavy atom. The highest BCUT2D eigenvalue weighted by molar-refractivity contribution is 5.68. The van der Waals surface area contributed by atoms with E-state index in [1.165, 1.54) is 6.07 Å². The van der Waals surface area contributed by atoms with Crippen LogP contribution in [0.1, 0.15) is 52.0 Å². The molecule has 1 aliphatic carbocycles. The van der Waals surface area contributed by atoms with E-state index in [1.54, 1.807) is 6.07 Å². The summed E-state index contributed by atoms with van der Waals surface area (Å²) in [5.74, 6) is 0.179. The van der Waals surface area contributed by atoms with Crippen LogP contribution in [0.4, 0.5) is 9.18 Å². The fraction of sp³-hybridized carbons (Fsp3) is 0.611. The second-order valence-electron chi connectivity index (χ2n) is 7.34. The van der Waals surface area contributed by atoms with Crippen LogP contribution in [0.2, 0.25) is 0 Å². The molecule has 1 amide bonds. The molecule has 2 N–H and O–H groups in total. The molecule has 1 aromatic rings. The summed E-state index contributed by atoms with van der Waals surface area (Å²) in [7, 11) is 0. The highest BCUT2D eigenvalue weighted by atomic mass is 19.1. The van der Waals surface area contributed by atoms with Gasteiger partial charge in [0.2, 0.25) is 0 Å². The van der Waals surface area contributed by atoms with Gasteiger partial charge in [-0.25, -0.2) is 9.18 Å². The normalized spacial score (nSPS) is 22.1. The van der Waals surface area contributed by atoms with E-state index in [2.05, 4.69) is 10.6 Å². The van der Waals surface area contributed by atoms with E-state index in [0.29, 0.717) is 18.5 Å². The van der Waals surface area contributed by atoms with Crippen molar-refractivity contribution in [1.82, 2.24) is 10.6 Å². The summed E-state index contributed by atoms with van der Waals surface area (Å²) in [6.07, 6.45) is 1.46. The van der Waals surface area contributed by atoms with E-state index in [-0.39, 0.29) is 11.9 Å². The molecule has 4 nitrogen and oxygen atoms in total. The average Bonchev–Trinajstić information content (AvgIpc) is 2.36. The van der Waals surface area contributed by atoms with E-state index in [9.17, 15) is 9.18 Å². The second-order valence-corrected chi connectivity index (χ2v) is 7.34. The zero-order valence-electron chi connectivity index (χ0n) is 14.4. The Kier molecular flexibility index (Phi) is 5.63. The summed E-state index contributed by atoms with van der Waals surface area (Å²) in [6.45, 7) is 8.13. The molecule has 5 heteroatoms. The average molecular weight is 322 g/mol. The molecule has 0 radical (unpaired) electrons. The molecular weight excluding hydrogens is 295 g/mol. The van der Waals surface area contributed by atoms with E-state index >= 15 is 0 Å². The number of rotatable bonds is 5. The highest BCUT2D eigenvalue weighted by Crippen LogP contribution is 2.37. The van der Waals surface area contributed by atoms with Crippen LogP contribution in [-0.2, 0) is 4.74 Å². The number of alkyl carbamates (subject to hydrolysis) is 1. The Balaban J connectivity index is 1.66. The van der Waals surface area contributed by atoms with Gasteiger partial charge in [0.15, 0.2) is 0 Å². The minimum absolute atomic E-state index is 0.0163. The second kappa shape index (κ2) is 7.30. The Bertz CT molecular complexity index is 536. The Morgan fingerprint density at radius 1 is 1.35 bits per heavy atom. The molecule has 1 aromatic carbocycles. The Morgan fingerprint density at radius 2 is 2.00 bits per heavy atom. The van der Waals surface area contributed by atoms with Crippen LogP contribution in [0.15, 0.2) is 24.3 Å². The number of carbonyl (C=O) groups is 1. The maximum Gasteiger partial charge on any atom is 0.407 e. The number of hydrogen-bond donors (Lipinski definition) is 2. The molecule has 1 unspecified atom stereocenters. The molecule has 128 valence electrons. The van der Waals surface area contributed by atoms with Gasteiger partial charge in [-0.2, -0.15) is 0 Å². The molecule has 1 saturated carbocycles. The fourth-order valence-electron chi connectivity index (χ4n) is 2.75. The number of ether oxygens (including phenoxy) is 1. The highest BCUT2D eigenvalue weighted by Gasteiger charge is 2.31. The van der Waals surface area contributed by atoms with Crippen molar-refractivity contribution in [2.24, 2.45) is 0 Å². The lowest BCUT2D eigenvalue weighted by Gasteiger charge is -2.37. The van der Waals surface area contributed by atoms with Gasteiger partial charge < -0.3 is 15.4 Å². The van der Waals surface area contributed by atoms with E-state index < -0.39 is 11.7 Å². The number of carbonyl (C=O) groups excluding carboxylic acids is 1. The molecule has 1 aliphatic rings. The molecule has 0 spiro atoms. The molecule has 1 atom stereocenters. The lowest BCUT2D eigenvalue weighted by Crippen LogP contribution is -2.48. The van der Waals surface area contributed by atoms with Crippen LogP contribution in [-0.4, -0.2) is 30.3 Å². The van der Waals surface area contributed by atoms with Gasteiger partial charge in [0, 0.05) is 18.6 Å². The molecular formula is C18H27FN2O2. The first kappa shape index (κ1) is 17.7. The van der Waals surface area contributed by atoms with Crippen molar-refractivity contribution in [1.29, 1.82) is 0 Å². The standard InChI is InChI=1S/C18H27FN2O2/c1-12(21-17(22)23-18(2,3)4)11-20-14-9-13(10-14)15-7-5-6-8-16(15)19/h5-8,12-14,20H,9-11H2,1-4H3,(H,21,22). The first-order valence-electron chi connectivity index (χ1n) is 8.22. The smallest absolute Gasteiger partial charge is 0.407 e. The van der Waals surface area contributed by atoms with Gasteiger partial charge in [0.25, 0.3) is 0 Å². The first-order chi connectivity index (χ1) is 10.7. The predicted molar refractivity (Wildman–Crippen MR) is 89.0 cm³/mol. The summed E-state index contributed by atoms with van der Waals surface area (Å²) in [5, 5.41) is 6.22. The third-order valence-corrected chi connectivity index (χ3v) is 3.96. The maximum absolute atomic E-state index is 13.7. The number of nitrogens with one attached hydrogen (secondary N) is 2. The Hall–Kier alpha value is -1.62. The van der Waals surface area contributed by atoms with Crippen molar-refractivity contribution < 1.29 is 13.9 Å². The van der Waals surface area contributed by atoms with E-state index in [1.807, 2.05) is 39.8 Å². The summed E-state index contributed by atoms with van der Waals surface area (Å²) < 4.78 is 18.9. The van der Waals surface area contributed by atoms with Gasteiger partial charge in [0.1, 0.15) is 11.4 Å². The minimum atomic E-state index is -0.488. The molecule has 0 aromatic heterocycles. The molecule has 2 rings (SSSR count). The maximum atomic E-state index is 13.7. The monoisotopic (exact) mass is 322 g/mol. The molecule has 0 aliphatic heterocycles.